The van der Waals surface area contributed by atoms with E-state index in [0.29, 0.717) is 26.3 Å². The molecule has 2 aliphatic rings. The molecule has 24 heavy (non-hydrogen) atoms. The van der Waals surface area contributed by atoms with Crippen LogP contribution >= 0.6 is 0 Å². The summed E-state index contributed by atoms with van der Waals surface area (Å²) in [5.74, 6) is -0.960. The number of hydrogen-bond acceptors (Lipinski definition) is 4. The monoisotopic (exact) mass is 334 g/mol. The minimum Gasteiger partial charge on any atom is -0.478 e. The fraction of sp³-hybridized carbons (Fsp3) is 0.529. The number of morpholine rings is 1. The van der Waals surface area contributed by atoms with Gasteiger partial charge in [0, 0.05) is 19.7 Å². The third kappa shape index (κ3) is 3.85. The number of nitrogens with zero attached hydrogens (tertiary/aromatic N) is 1. The maximum atomic E-state index is 12.5. The van der Waals surface area contributed by atoms with Crippen molar-refractivity contribution in [3.05, 3.63) is 35.4 Å². The number of ether oxygens (including phenoxy) is 2. The maximum Gasteiger partial charge on any atom is 0.335 e. The van der Waals surface area contributed by atoms with Crippen LogP contribution < -0.4 is 5.32 Å². The highest BCUT2D eigenvalue weighted by Crippen LogP contribution is 2.22. The van der Waals surface area contributed by atoms with Crippen LogP contribution in [0.25, 0.3) is 0 Å². The Morgan fingerprint density at radius 3 is 2.71 bits per heavy atom. The molecular formula is C17H22N2O5. The Morgan fingerprint density at radius 2 is 2.04 bits per heavy atom. The first-order valence-electron chi connectivity index (χ1n) is 8.21. The van der Waals surface area contributed by atoms with E-state index < -0.39 is 5.97 Å². The Balaban J connectivity index is 1.57. The van der Waals surface area contributed by atoms with E-state index in [9.17, 15) is 9.59 Å². The standard InChI is InChI=1S/C17H22N2O5/c20-16(21)13-5-3-12(4-6-13)10-18-17(22)19-7-9-23-11-14(19)15-2-1-8-24-15/h3-6,14-15H,1-2,7-11H2,(H,18,22)(H,20,21). The summed E-state index contributed by atoms with van der Waals surface area (Å²) < 4.78 is 11.2. The van der Waals surface area contributed by atoms with Crippen LogP contribution in [0.2, 0.25) is 0 Å². The van der Waals surface area contributed by atoms with Crippen molar-refractivity contribution in [1.29, 1.82) is 0 Å². The third-order valence-electron chi connectivity index (χ3n) is 4.47. The fourth-order valence-corrected chi connectivity index (χ4v) is 3.13. The summed E-state index contributed by atoms with van der Waals surface area (Å²) in [6.07, 6.45) is 2.02. The van der Waals surface area contributed by atoms with E-state index in [1.807, 2.05) is 0 Å². The van der Waals surface area contributed by atoms with Gasteiger partial charge in [0.2, 0.25) is 0 Å². The van der Waals surface area contributed by atoms with Gasteiger partial charge in [-0.3, -0.25) is 0 Å². The molecule has 1 aromatic rings. The number of amides is 2. The summed E-state index contributed by atoms with van der Waals surface area (Å²) in [4.78, 5) is 25.2. The molecule has 0 bridgehead atoms. The molecule has 0 saturated carbocycles. The van der Waals surface area contributed by atoms with Crippen molar-refractivity contribution in [1.82, 2.24) is 10.2 Å². The van der Waals surface area contributed by atoms with E-state index in [1.165, 1.54) is 12.1 Å². The average Bonchev–Trinajstić information content (AvgIpc) is 3.14. The number of hydrogen-bond donors (Lipinski definition) is 2. The second-order valence-electron chi connectivity index (χ2n) is 6.05. The zero-order valence-electron chi connectivity index (χ0n) is 13.4. The molecule has 0 aromatic heterocycles. The zero-order chi connectivity index (χ0) is 16.9. The number of benzene rings is 1. The molecule has 2 heterocycles. The molecule has 0 aliphatic carbocycles. The molecule has 2 atom stereocenters. The first kappa shape index (κ1) is 16.7. The quantitative estimate of drug-likeness (QED) is 0.871. The number of urea groups is 1. The van der Waals surface area contributed by atoms with E-state index in [1.54, 1.807) is 17.0 Å². The normalized spacial score (nSPS) is 23.9. The summed E-state index contributed by atoms with van der Waals surface area (Å²) in [7, 11) is 0. The van der Waals surface area contributed by atoms with Gasteiger partial charge in [0.25, 0.3) is 0 Å². The molecule has 1 aromatic carbocycles. The molecule has 130 valence electrons. The number of carboxylic acid groups (broad SMARTS) is 1. The Labute approximate surface area is 140 Å². The molecule has 2 aliphatic heterocycles. The van der Waals surface area contributed by atoms with Crippen LogP contribution in [0.5, 0.6) is 0 Å². The summed E-state index contributed by atoms with van der Waals surface area (Å²) in [5.41, 5.74) is 1.09. The third-order valence-corrected chi connectivity index (χ3v) is 4.47. The topological polar surface area (TPSA) is 88.1 Å². The number of carbonyl (C=O) groups is 2. The Morgan fingerprint density at radius 1 is 1.25 bits per heavy atom. The van der Waals surface area contributed by atoms with Crippen LogP contribution in [0.15, 0.2) is 24.3 Å². The first-order valence-corrected chi connectivity index (χ1v) is 8.21. The molecule has 0 radical (unpaired) electrons. The van der Waals surface area contributed by atoms with E-state index >= 15 is 0 Å². The van der Waals surface area contributed by atoms with Crippen molar-refractivity contribution in [2.24, 2.45) is 0 Å². The predicted molar refractivity (Wildman–Crippen MR) is 85.9 cm³/mol. The number of carboxylic acids is 1. The zero-order valence-corrected chi connectivity index (χ0v) is 13.4. The van der Waals surface area contributed by atoms with Crippen LogP contribution in [0.1, 0.15) is 28.8 Å². The average molecular weight is 334 g/mol. The highest BCUT2D eigenvalue weighted by molar-refractivity contribution is 5.87. The number of nitrogens with one attached hydrogen (secondary N) is 1. The predicted octanol–water partition coefficient (Wildman–Crippen LogP) is 1.47. The highest BCUT2D eigenvalue weighted by atomic mass is 16.5. The van der Waals surface area contributed by atoms with Gasteiger partial charge in [0.1, 0.15) is 0 Å². The van der Waals surface area contributed by atoms with Gasteiger partial charge in [-0.15, -0.1) is 0 Å². The molecule has 7 heteroatoms. The van der Waals surface area contributed by atoms with Gasteiger partial charge >= 0.3 is 12.0 Å². The lowest BCUT2D eigenvalue weighted by Crippen LogP contribution is -2.56. The van der Waals surface area contributed by atoms with Crippen molar-refractivity contribution >= 4 is 12.0 Å². The molecular weight excluding hydrogens is 312 g/mol. The van der Waals surface area contributed by atoms with E-state index in [0.717, 1.165) is 25.0 Å². The smallest absolute Gasteiger partial charge is 0.335 e. The van der Waals surface area contributed by atoms with Crippen LogP contribution in [-0.2, 0) is 16.0 Å². The molecule has 7 nitrogen and oxygen atoms in total. The van der Waals surface area contributed by atoms with Crippen LogP contribution in [-0.4, -0.2) is 60.5 Å². The van der Waals surface area contributed by atoms with Crippen LogP contribution in [0, 0.1) is 0 Å². The Hall–Kier alpha value is -2.12. The first-order chi connectivity index (χ1) is 11.6. The summed E-state index contributed by atoms with van der Waals surface area (Å²) in [6.45, 7) is 2.69. The van der Waals surface area contributed by atoms with E-state index in [-0.39, 0.29) is 23.7 Å². The van der Waals surface area contributed by atoms with E-state index in [4.69, 9.17) is 14.6 Å². The van der Waals surface area contributed by atoms with Crippen molar-refractivity contribution in [3.63, 3.8) is 0 Å². The van der Waals surface area contributed by atoms with Gasteiger partial charge in [0.05, 0.1) is 30.9 Å². The number of aromatic carboxylic acids is 1. The van der Waals surface area contributed by atoms with Crippen molar-refractivity contribution in [2.75, 3.05) is 26.4 Å². The second-order valence-corrected chi connectivity index (χ2v) is 6.05. The van der Waals surface area contributed by atoms with E-state index in [2.05, 4.69) is 5.32 Å². The Bertz CT molecular complexity index is 583. The molecule has 2 saturated heterocycles. The maximum absolute atomic E-state index is 12.5. The molecule has 2 amide bonds. The summed E-state index contributed by atoms with van der Waals surface area (Å²) in [5, 5.41) is 11.8. The highest BCUT2D eigenvalue weighted by Gasteiger charge is 2.35. The Kier molecular flexibility index (Phi) is 5.32. The minimum absolute atomic E-state index is 0.0457. The van der Waals surface area contributed by atoms with Crippen LogP contribution in [0.3, 0.4) is 0 Å². The fourth-order valence-electron chi connectivity index (χ4n) is 3.13. The molecule has 2 fully saturated rings. The van der Waals surface area contributed by atoms with Gasteiger partial charge in [-0.05, 0) is 30.5 Å². The molecule has 0 spiro atoms. The lowest BCUT2D eigenvalue weighted by Gasteiger charge is -2.38. The van der Waals surface area contributed by atoms with Crippen molar-refractivity contribution < 1.29 is 24.2 Å². The van der Waals surface area contributed by atoms with Crippen molar-refractivity contribution in [2.45, 2.75) is 31.5 Å². The number of rotatable bonds is 4. The second kappa shape index (κ2) is 7.63. The molecule has 2 unspecified atom stereocenters. The lowest BCUT2D eigenvalue weighted by atomic mass is 10.1. The van der Waals surface area contributed by atoms with Gasteiger partial charge in [-0.2, -0.15) is 0 Å². The number of carbonyl (C=O) groups excluding carboxylic acids is 1. The SMILES string of the molecule is O=C(O)c1ccc(CNC(=O)N2CCOCC2C2CCCO2)cc1. The minimum atomic E-state index is -0.960. The summed E-state index contributed by atoms with van der Waals surface area (Å²) >= 11 is 0. The van der Waals surface area contributed by atoms with Gasteiger partial charge in [-0.25, -0.2) is 9.59 Å². The van der Waals surface area contributed by atoms with Gasteiger partial charge < -0.3 is 24.8 Å². The molecule has 3 rings (SSSR count). The largest absolute Gasteiger partial charge is 0.478 e. The van der Waals surface area contributed by atoms with Gasteiger partial charge in [-0.1, -0.05) is 12.1 Å². The lowest BCUT2D eigenvalue weighted by molar-refractivity contribution is -0.0473. The molecule has 2 N–H and O–H groups in total. The summed E-state index contributed by atoms with van der Waals surface area (Å²) in [6, 6.07) is 6.31. The van der Waals surface area contributed by atoms with Crippen LogP contribution in [0.4, 0.5) is 4.79 Å². The van der Waals surface area contributed by atoms with Crippen molar-refractivity contribution in [3.8, 4) is 0 Å². The van der Waals surface area contributed by atoms with Gasteiger partial charge in [0.15, 0.2) is 0 Å².